The minimum atomic E-state index is -0.133. The molecule has 5 nitrogen and oxygen atoms in total. The molecule has 0 saturated carbocycles. The van der Waals surface area contributed by atoms with Crippen LogP contribution in [0.25, 0.3) is 0 Å². The number of hydrogen-bond acceptors (Lipinski definition) is 3. The fraction of sp³-hybridized carbons (Fsp3) is 0.133. The first-order chi connectivity index (χ1) is 17.0. The summed E-state index contributed by atoms with van der Waals surface area (Å²) in [7, 11) is 1.60. The van der Waals surface area contributed by atoms with Crippen molar-refractivity contribution in [2.45, 2.75) is 19.9 Å². The molecule has 176 valence electrons. The van der Waals surface area contributed by atoms with Crippen molar-refractivity contribution in [1.29, 1.82) is 0 Å². The van der Waals surface area contributed by atoms with Gasteiger partial charge in [0.25, 0.3) is 5.91 Å². The van der Waals surface area contributed by atoms with Crippen LogP contribution in [0.15, 0.2) is 103 Å². The second kappa shape index (κ2) is 11.2. The van der Waals surface area contributed by atoms with Gasteiger partial charge in [-0.25, -0.2) is 0 Å². The highest BCUT2D eigenvalue weighted by molar-refractivity contribution is 6.06. The van der Waals surface area contributed by atoms with E-state index in [-0.39, 0.29) is 18.2 Å². The second-order valence-corrected chi connectivity index (χ2v) is 8.37. The van der Waals surface area contributed by atoms with Crippen molar-refractivity contribution in [1.82, 2.24) is 0 Å². The minimum Gasteiger partial charge on any atom is -0.497 e. The van der Waals surface area contributed by atoms with Crippen LogP contribution in [0.1, 0.15) is 27.0 Å². The smallest absolute Gasteiger partial charge is 0.258 e. The Morgan fingerprint density at radius 3 is 2.17 bits per heavy atom. The van der Waals surface area contributed by atoms with Gasteiger partial charge in [-0.3, -0.25) is 9.59 Å². The number of methoxy groups -OCH3 is 1. The molecule has 35 heavy (non-hydrogen) atoms. The molecule has 1 N–H and O–H groups in total. The topological polar surface area (TPSA) is 58.6 Å². The minimum absolute atomic E-state index is 0.0892. The zero-order chi connectivity index (χ0) is 24.6. The van der Waals surface area contributed by atoms with Gasteiger partial charge in [-0.05, 0) is 66.6 Å². The third kappa shape index (κ3) is 6.36. The van der Waals surface area contributed by atoms with Gasteiger partial charge in [-0.1, -0.05) is 60.2 Å². The Hall–Kier alpha value is -4.38. The van der Waals surface area contributed by atoms with Crippen LogP contribution in [-0.2, 0) is 17.8 Å². The first kappa shape index (κ1) is 23.8. The summed E-state index contributed by atoms with van der Waals surface area (Å²) >= 11 is 0. The van der Waals surface area contributed by atoms with Crippen molar-refractivity contribution in [2.24, 2.45) is 0 Å². The van der Waals surface area contributed by atoms with Crippen LogP contribution >= 0.6 is 0 Å². The van der Waals surface area contributed by atoms with Crippen molar-refractivity contribution >= 4 is 23.2 Å². The van der Waals surface area contributed by atoms with Crippen LogP contribution in [0.5, 0.6) is 5.75 Å². The molecular weight excluding hydrogens is 436 g/mol. The summed E-state index contributed by atoms with van der Waals surface area (Å²) < 4.78 is 5.16. The first-order valence-corrected chi connectivity index (χ1v) is 11.5. The van der Waals surface area contributed by atoms with Crippen LogP contribution in [0.3, 0.4) is 0 Å². The highest BCUT2D eigenvalue weighted by Crippen LogP contribution is 2.23. The van der Waals surface area contributed by atoms with E-state index in [0.29, 0.717) is 17.8 Å². The molecule has 0 aliphatic heterocycles. The highest BCUT2D eigenvalue weighted by Gasteiger charge is 2.19. The lowest BCUT2D eigenvalue weighted by molar-refractivity contribution is -0.115. The number of carbonyl (C=O) groups is 2. The summed E-state index contributed by atoms with van der Waals surface area (Å²) in [6.45, 7) is 2.42. The maximum atomic E-state index is 13.5. The van der Waals surface area contributed by atoms with Gasteiger partial charge in [0.05, 0.1) is 20.1 Å². The van der Waals surface area contributed by atoms with Gasteiger partial charge in [-0.15, -0.1) is 0 Å². The molecule has 4 aromatic rings. The van der Waals surface area contributed by atoms with E-state index < -0.39 is 0 Å². The molecule has 0 radical (unpaired) electrons. The number of hydrogen-bond donors (Lipinski definition) is 1. The van der Waals surface area contributed by atoms with Crippen LogP contribution in [0.2, 0.25) is 0 Å². The number of amides is 2. The lowest BCUT2D eigenvalue weighted by atomic mass is 10.1. The third-order valence-electron chi connectivity index (χ3n) is 5.69. The number of nitrogens with zero attached hydrogens (tertiary/aromatic N) is 1. The molecule has 0 aromatic heterocycles. The lowest BCUT2D eigenvalue weighted by Crippen LogP contribution is -2.30. The number of aryl methyl sites for hydroxylation is 1. The van der Waals surface area contributed by atoms with Crippen molar-refractivity contribution in [3.05, 3.63) is 125 Å². The largest absolute Gasteiger partial charge is 0.497 e. The molecule has 4 rings (SSSR count). The van der Waals surface area contributed by atoms with E-state index in [0.717, 1.165) is 28.1 Å². The molecule has 2 amide bonds. The molecule has 5 heteroatoms. The molecule has 0 atom stereocenters. The molecule has 0 unspecified atom stereocenters. The summed E-state index contributed by atoms with van der Waals surface area (Å²) in [4.78, 5) is 28.0. The number of benzene rings is 4. The normalized spacial score (nSPS) is 10.5. The van der Waals surface area contributed by atoms with E-state index in [1.165, 1.54) is 0 Å². The molecule has 0 aliphatic carbocycles. The average molecular weight is 465 g/mol. The van der Waals surface area contributed by atoms with Gasteiger partial charge in [0.2, 0.25) is 5.91 Å². The van der Waals surface area contributed by atoms with E-state index in [1.807, 2.05) is 85.8 Å². The second-order valence-electron chi connectivity index (χ2n) is 8.37. The molecule has 0 heterocycles. The number of rotatable bonds is 8. The predicted octanol–water partition coefficient (Wildman–Crippen LogP) is 6.03. The predicted molar refractivity (Wildman–Crippen MR) is 140 cm³/mol. The number of ether oxygens (including phenoxy) is 1. The van der Waals surface area contributed by atoms with Gasteiger partial charge in [-0.2, -0.15) is 0 Å². The van der Waals surface area contributed by atoms with Crippen LogP contribution in [-0.4, -0.2) is 18.9 Å². The van der Waals surface area contributed by atoms with Gasteiger partial charge in [0, 0.05) is 16.9 Å². The summed E-state index contributed by atoms with van der Waals surface area (Å²) in [5, 5.41) is 2.91. The molecule has 0 saturated heterocycles. The van der Waals surface area contributed by atoms with Crippen molar-refractivity contribution in [3.63, 3.8) is 0 Å². The SMILES string of the molecule is COc1ccc(NC(=O)Cc2cccc(N(Cc3ccccc3)C(=O)c3ccc(C)cc3)c2)cc1. The summed E-state index contributed by atoms with van der Waals surface area (Å²) in [5.41, 5.74) is 5.01. The zero-order valence-corrected chi connectivity index (χ0v) is 19.9. The van der Waals surface area contributed by atoms with Crippen LogP contribution in [0.4, 0.5) is 11.4 Å². The third-order valence-corrected chi connectivity index (χ3v) is 5.69. The van der Waals surface area contributed by atoms with E-state index in [1.54, 1.807) is 36.3 Å². The molecular formula is C30H28N2O3. The highest BCUT2D eigenvalue weighted by atomic mass is 16.5. The Morgan fingerprint density at radius 2 is 1.49 bits per heavy atom. The van der Waals surface area contributed by atoms with Crippen molar-refractivity contribution in [2.75, 3.05) is 17.3 Å². The summed E-state index contributed by atoms with van der Waals surface area (Å²) in [6, 6.07) is 32.2. The fourth-order valence-corrected chi connectivity index (χ4v) is 3.80. The van der Waals surface area contributed by atoms with Gasteiger partial charge >= 0.3 is 0 Å². The molecule has 0 fully saturated rings. The average Bonchev–Trinajstić information content (AvgIpc) is 2.88. The lowest BCUT2D eigenvalue weighted by Gasteiger charge is -2.24. The van der Waals surface area contributed by atoms with E-state index in [2.05, 4.69) is 5.32 Å². The molecule has 4 aromatic carbocycles. The van der Waals surface area contributed by atoms with E-state index >= 15 is 0 Å². The Balaban J connectivity index is 1.55. The van der Waals surface area contributed by atoms with Crippen molar-refractivity contribution < 1.29 is 14.3 Å². The standard InChI is InChI=1S/C30H28N2O3/c1-22-11-13-25(14-12-22)30(34)32(21-23-7-4-3-5-8-23)27-10-6-9-24(19-27)20-29(33)31-26-15-17-28(35-2)18-16-26/h3-19H,20-21H2,1-2H3,(H,31,33). The first-order valence-electron chi connectivity index (χ1n) is 11.5. The van der Waals surface area contributed by atoms with Crippen molar-refractivity contribution in [3.8, 4) is 5.75 Å². The summed E-state index contributed by atoms with van der Waals surface area (Å²) in [5.74, 6) is 0.507. The number of nitrogens with one attached hydrogen (secondary N) is 1. The Labute approximate surface area is 206 Å². The van der Waals surface area contributed by atoms with Gasteiger partial charge < -0.3 is 15.0 Å². The quantitative estimate of drug-likeness (QED) is 0.346. The Kier molecular flexibility index (Phi) is 7.58. The summed E-state index contributed by atoms with van der Waals surface area (Å²) in [6.07, 6.45) is 0.192. The molecule has 0 bridgehead atoms. The van der Waals surface area contributed by atoms with Gasteiger partial charge in [0.15, 0.2) is 0 Å². The maximum Gasteiger partial charge on any atom is 0.258 e. The zero-order valence-electron chi connectivity index (χ0n) is 19.9. The molecule has 0 spiro atoms. The number of carbonyl (C=O) groups excluding carboxylic acids is 2. The van der Waals surface area contributed by atoms with Gasteiger partial charge in [0.1, 0.15) is 5.75 Å². The maximum absolute atomic E-state index is 13.5. The molecule has 0 aliphatic rings. The Bertz CT molecular complexity index is 1280. The number of anilines is 2. The fourth-order valence-electron chi connectivity index (χ4n) is 3.80. The van der Waals surface area contributed by atoms with E-state index in [9.17, 15) is 9.59 Å². The van der Waals surface area contributed by atoms with Crippen LogP contribution in [0, 0.1) is 6.92 Å². The van der Waals surface area contributed by atoms with Crippen LogP contribution < -0.4 is 15.0 Å². The Morgan fingerprint density at radius 1 is 0.800 bits per heavy atom. The van der Waals surface area contributed by atoms with E-state index in [4.69, 9.17) is 4.74 Å². The monoisotopic (exact) mass is 464 g/mol.